The SMILES string of the molecule is Brc1ccc(-c2c3ccccc3c(-c3ccc(-c4ccccc4)cc3)c3ccccc23)cn1. The van der Waals surface area contributed by atoms with Crippen LogP contribution in [0.5, 0.6) is 0 Å². The lowest BCUT2D eigenvalue weighted by atomic mass is 9.86. The Kier molecular flexibility index (Phi) is 5.01. The molecule has 0 saturated heterocycles. The first-order valence-corrected chi connectivity index (χ1v) is 11.8. The van der Waals surface area contributed by atoms with Crippen molar-refractivity contribution in [2.45, 2.75) is 0 Å². The molecule has 1 heterocycles. The fourth-order valence-electron chi connectivity index (χ4n) is 4.73. The summed E-state index contributed by atoms with van der Waals surface area (Å²) in [6, 6.07) is 41.0. The van der Waals surface area contributed by atoms with Gasteiger partial charge in [-0.3, -0.25) is 0 Å². The van der Waals surface area contributed by atoms with E-state index < -0.39 is 0 Å². The molecule has 0 atom stereocenters. The molecule has 33 heavy (non-hydrogen) atoms. The maximum absolute atomic E-state index is 4.50. The molecule has 5 aromatic carbocycles. The third-order valence-corrected chi connectivity index (χ3v) is 6.70. The lowest BCUT2D eigenvalue weighted by Crippen LogP contribution is -1.91. The molecule has 0 bridgehead atoms. The molecule has 0 aliphatic heterocycles. The van der Waals surface area contributed by atoms with Crippen molar-refractivity contribution >= 4 is 37.5 Å². The Morgan fingerprint density at radius 1 is 0.394 bits per heavy atom. The molecule has 1 aromatic heterocycles. The van der Waals surface area contributed by atoms with E-state index in [1.54, 1.807) is 0 Å². The van der Waals surface area contributed by atoms with E-state index >= 15 is 0 Å². The van der Waals surface area contributed by atoms with E-state index in [9.17, 15) is 0 Å². The minimum Gasteiger partial charge on any atom is -0.249 e. The Hall–Kier alpha value is -3.75. The highest BCUT2D eigenvalue weighted by atomic mass is 79.9. The van der Waals surface area contributed by atoms with Gasteiger partial charge in [0.25, 0.3) is 0 Å². The maximum atomic E-state index is 4.50. The summed E-state index contributed by atoms with van der Waals surface area (Å²) in [5.41, 5.74) is 7.31. The van der Waals surface area contributed by atoms with E-state index in [2.05, 4.69) is 130 Å². The van der Waals surface area contributed by atoms with Crippen LogP contribution < -0.4 is 0 Å². The van der Waals surface area contributed by atoms with E-state index in [0.717, 1.165) is 10.2 Å². The number of pyridine rings is 1. The Labute approximate surface area is 201 Å². The van der Waals surface area contributed by atoms with Gasteiger partial charge in [0.1, 0.15) is 4.60 Å². The average Bonchev–Trinajstić information content (AvgIpc) is 2.88. The summed E-state index contributed by atoms with van der Waals surface area (Å²) < 4.78 is 0.843. The van der Waals surface area contributed by atoms with Gasteiger partial charge in [-0.25, -0.2) is 4.98 Å². The van der Waals surface area contributed by atoms with Crippen molar-refractivity contribution in [1.29, 1.82) is 0 Å². The maximum Gasteiger partial charge on any atom is 0.106 e. The minimum absolute atomic E-state index is 0.843. The number of hydrogen-bond acceptors (Lipinski definition) is 1. The first kappa shape index (κ1) is 19.9. The standard InChI is InChI=1S/C31H20BrN/c32-29-19-18-24(20-33-29)31-27-12-6-4-10-25(27)30(26-11-5-7-13-28(26)31)23-16-14-22(15-17-23)21-8-2-1-3-9-21/h1-20H. The average molecular weight is 486 g/mol. The fourth-order valence-corrected chi connectivity index (χ4v) is 4.97. The number of halogens is 1. The zero-order valence-corrected chi connectivity index (χ0v) is 19.5. The molecule has 0 spiro atoms. The molecule has 0 N–H and O–H groups in total. The van der Waals surface area contributed by atoms with Crippen LogP contribution in [0.15, 0.2) is 126 Å². The molecule has 6 rings (SSSR count). The predicted octanol–water partition coefficient (Wildman–Crippen LogP) is 9.15. The molecule has 0 amide bonds. The van der Waals surface area contributed by atoms with E-state index in [1.165, 1.54) is 49.4 Å². The van der Waals surface area contributed by atoms with Crippen molar-refractivity contribution in [3.63, 3.8) is 0 Å². The molecular weight excluding hydrogens is 466 g/mol. The van der Waals surface area contributed by atoms with Gasteiger partial charge in [-0.05, 0) is 71.4 Å². The molecule has 0 saturated carbocycles. The zero-order valence-electron chi connectivity index (χ0n) is 17.9. The number of aromatic nitrogens is 1. The fraction of sp³-hybridized carbons (Fsp3) is 0. The summed E-state index contributed by atoms with van der Waals surface area (Å²) in [5.74, 6) is 0. The number of hydrogen-bond donors (Lipinski definition) is 0. The second-order valence-corrected chi connectivity index (χ2v) is 8.97. The van der Waals surface area contributed by atoms with Crippen LogP contribution in [0, 0.1) is 0 Å². The second-order valence-electron chi connectivity index (χ2n) is 8.15. The van der Waals surface area contributed by atoms with Crippen molar-refractivity contribution in [3.05, 3.63) is 126 Å². The monoisotopic (exact) mass is 485 g/mol. The summed E-state index contributed by atoms with van der Waals surface area (Å²) in [7, 11) is 0. The molecule has 0 fully saturated rings. The minimum atomic E-state index is 0.843. The molecule has 1 nitrogen and oxygen atoms in total. The summed E-state index contributed by atoms with van der Waals surface area (Å²) >= 11 is 3.47. The zero-order chi connectivity index (χ0) is 22.2. The van der Waals surface area contributed by atoms with Crippen LogP contribution in [0.2, 0.25) is 0 Å². The molecule has 6 aromatic rings. The molecule has 0 radical (unpaired) electrons. The summed E-state index contributed by atoms with van der Waals surface area (Å²) in [4.78, 5) is 4.50. The van der Waals surface area contributed by atoms with Crippen LogP contribution in [0.3, 0.4) is 0 Å². The summed E-state index contributed by atoms with van der Waals surface area (Å²) in [5, 5.41) is 4.98. The van der Waals surface area contributed by atoms with Crippen LogP contribution in [0.25, 0.3) is 54.9 Å². The van der Waals surface area contributed by atoms with Gasteiger partial charge in [-0.15, -0.1) is 0 Å². The first-order valence-electron chi connectivity index (χ1n) is 11.0. The highest BCUT2D eigenvalue weighted by molar-refractivity contribution is 9.10. The van der Waals surface area contributed by atoms with Crippen molar-refractivity contribution < 1.29 is 0 Å². The topological polar surface area (TPSA) is 12.9 Å². The van der Waals surface area contributed by atoms with Gasteiger partial charge in [-0.1, -0.05) is 109 Å². The molecule has 156 valence electrons. The van der Waals surface area contributed by atoms with Gasteiger partial charge in [0, 0.05) is 11.8 Å². The van der Waals surface area contributed by atoms with E-state index in [4.69, 9.17) is 0 Å². The normalized spacial score (nSPS) is 11.2. The molecule has 0 aliphatic rings. The van der Waals surface area contributed by atoms with E-state index in [0.29, 0.717) is 0 Å². The Morgan fingerprint density at radius 2 is 0.818 bits per heavy atom. The molecule has 2 heteroatoms. The van der Waals surface area contributed by atoms with Crippen LogP contribution in [-0.2, 0) is 0 Å². The van der Waals surface area contributed by atoms with Crippen LogP contribution in [0.1, 0.15) is 0 Å². The third kappa shape index (κ3) is 3.53. The smallest absolute Gasteiger partial charge is 0.106 e. The largest absolute Gasteiger partial charge is 0.249 e. The van der Waals surface area contributed by atoms with Crippen molar-refractivity contribution in [1.82, 2.24) is 4.98 Å². The van der Waals surface area contributed by atoms with Gasteiger partial charge in [0.15, 0.2) is 0 Å². The second kappa shape index (κ2) is 8.31. The Balaban J connectivity index is 1.64. The van der Waals surface area contributed by atoms with E-state index in [1.807, 2.05) is 12.3 Å². The lowest BCUT2D eigenvalue weighted by molar-refractivity contribution is 1.28. The van der Waals surface area contributed by atoms with Crippen LogP contribution >= 0.6 is 15.9 Å². The quantitative estimate of drug-likeness (QED) is 0.180. The van der Waals surface area contributed by atoms with Crippen molar-refractivity contribution in [2.75, 3.05) is 0 Å². The van der Waals surface area contributed by atoms with Crippen molar-refractivity contribution in [3.8, 4) is 33.4 Å². The highest BCUT2D eigenvalue weighted by Crippen LogP contribution is 2.43. The molecule has 0 aliphatic carbocycles. The Morgan fingerprint density at radius 3 is 1.33 bits per heavy atom. The number of benzene rings is 5. The van der Waals surface area contributed by atoms with Gasteiger partial charge < -0.3 is 0 Å². The number of fused-ring (bicyclic) bond motifs is 2. The predicted molar refractivity (Wildman–Crippen MR) is 143 cm³/mol. The van der Waals surface area contributed by atoms with Crippen molar-refractivity contribution in [2.24, 2.45) is 0 Å². The van der Waals surface area contributed by atoms with Gasteiger partial charge in [0.05, 0.1) is 0 Å². The van der Waals surface area contributed by atoms with Gasteiger partial charge >= 0.3 is 0 Å². The van der Waals surface area contributed by atoms with E-state index in [-0.39, 0.29) is 0 Å². The summed E-state index contributed by atoms with van der Waals surface area (Å²) in [6.07, 6.45) is 1.95. The molecular formula is C31H20BrN. The lowest BCUT2D eigenvalue weighted by Gasteiger charge is -2.17. The first-order chi connectivity index (χ1) is 16.3. The highest BCUT2D eigenvalue weighted by Gasteiger charge is 2.16. The third-order valence-electron chi connectivity index (χ3n) is 6.23. The number of rotatable bonds is 3. The van der Waals surface area contributed by atoms with Crippen LogP contribution in [0.4, 0.5) is 0 Å². The van der Waals surface area contributed by atoms with Crippen LogP contribution in [-0.4, -0.2) is 4.98 Å². The summed E-state index contributed by atoms with van der Waals surface area (Å²) in [6.45, 7) is 0. The molecule has 0 unspecified atom stereocenters. The van der Waals surface area contributed by atoms with Gasteiger partial charge in [-0.2, -0.15) is 0 Å². The Bertz CT molecular complexity index is 1530. The van der Waals surface area contributed by atoms with Gasteiger partial charge in [0.2, 0.25) is 0 Å². The number of nitrogens with zero attached hydrogens (tertiary/aromatic N) is 1.